The Balaban J connectivity index is 1.60. The van der Waals surface area contributed by atoms with E-state index in [1.807, 2.05) is 5.32 Å². The molecule has 2 aliphatic rings. The number of alkyl halides is 3. The third-order valence-corrected chi connectivity index (χ3v) is 7.21. The normalized spacial score (nSPS) is 21.3. The van der Waals surface area contributed by atoms with Gasteiger partial charge in [-0.15, -0.1) is 0 Å². The second kappa shape index (κ2) is 10.4. The number of rotatable bonds is 6. The minimum Gasteiger partial charge on any atom is -0.384 e. The number of halogens is 3. The molecule has 3 heterocycles. The molecule has 1 saturated carbocycles. The van der Waals surface area contributed by atoms with Crippen molar-refractivity contribution in [2.45, 2.75) is 56.8 Å². The lowest BCUT2D eigenvalue weighted by molar-refractivity contribution is -0.170. The molecule has 37 heavy (non-hydrogen) atoms. The number of nitrogens with zero attached hydrogens (tertiary/aromatic N) is 5. The van der Waals surface area contributed by atoms with Gasteiger partial charge in [0.25, 0.3) is 5.91 Å². The van der Waals surface area contributed by atoms with Crippen LogP contribution in [0.1, 0.15) is 37.7 Å². The lowest BCUT2D eigenvalue weighted by Gasteiger charge is -2.46. The minimum atomic E-state index is -4.69. The first kappa shape index (κ1) is 26.4. The zero-order valence-corrected chi connectivity index (χ0v) is 20.6. The van der Waals surface area contributed by atoms with Crippen LogP contribution >= 0.6 is 0 Å². The van der Waals surface area contributed by atoms with Gasteiger partial charge in [0.05, 0.1) is 12.1 Å². The van der Waals surface area contributed by atoms with Crippen LogP contribution in [0.15, 0.2) is 30.6 Å². The van der Waals surface area contributed by atoms with Crippen molar-refractivity contribution in [3.63, 3.8) is 0 Å². The van der Waals surface area contributed by atoms with Crippen molar-refractivity contribution in [1.82, 2.24) is 25.0 Å². The molecule has 0 spiro atoms. The summed E-state index contributed by atoms with van der Waals surface area (Å²) in [6.45, 7) is 0. The Morgan fingerprint density at radius 2 is 1.92 bits per heavy atom. The monoisotopic (exact) mass is 521 g/mol. The fourth-order valence-corrected chi connectivity index (χ4v) is 5.28. The molecule has 3 N–H and O–H groups in total. The van der Waals surface area contributed by atoms with Gasteiger partial charge in [0.15, 0.2) is 0 Å². The molecule has 2 fully saturated rings. The molecule has 3 atom stereocenters. The maximum absolute atomic E-state index is 13.9. The molecule has 10 nitrogen and oxygen atoms in total. The summed E-state index contributed by atoms with van der Waals surface area (Å²) in [7, 11) is 3.07. The molecule has 4 rings (SSSR count). The lowest BCUT2D eigenvalue weighted by atomic mass is 9.81. The van der Waals surface area contributed by atoms with Crippen LogP contribution in [-0.4, -0.2) is 62.8 Å². The second-order valence-electron chi connectivity index (χ2n) is 9.63. The number of aromatic nitrogens is 3. The topological polar surface area (TPSA) is 126 Å². The van der Waals surface area contributed by atoms with Crippen molar-refractivity contribution in [3.8, 4) is 0 Å². The quantitative estimate of drug-likeness (QED) is 0.563. The number of carbonyl (C=O) groups is 3. The van der Waals surface area contributed by atoms with E-state index in [0.29, 0.717) is 42.0 Å². The predicted octanol–water partition coefficient (Wildman–Crippen LogP) is 2.65. The number of aryl methyl sites for hydroxylation is 1. The van der Waals surface area contributed by atoms with E-state index in [9.17, 15) is 27.6 Å². The molecular formula is C24H30F3N7O3. The Bertz CT molecular complexity index is 1160. The van der Waals surface area contributed by atoms with E-state index in [1.54, 1.807) is 25.2 Å². The lowest BCUT2D eigenvalue weighted by Crippen LogP contribution is -2.71. The van der Waals surface area contributed by atoms with Crippen LogP contribution in [0.4, 0.5) is 29.6 Å². The summed E-state index contributed by atoms with van der Waals surface area (Å²) < 4.78 is 43.3. The first-order chi connectivity index (χ1) is 17.5. The number of likely N-dealkylation sites (tertiary alicyclic amines) is 1. The maximum Gasteiger partial charge on any atom is 0.408 e. The molecule has 2 aromatic rings. The van der Waals surface area contributed by atoms with Crippen LogP contribution in [0.2, 0.25) is 0 Å². The minimum absolute atomic E-state index is 0.0658. The number of urea groups is 1. The summed E-state index contributed by atoms with van der Waals surface area (Å²) in [6.07, 6.45) is 1.09. The van der Waals surface area contributed by atoms with Gasteiger partial charge in [-0.3, -0.25) is 24.1 Å². The summed E-state index contributed by atoms with van der Waals surface area (Å²) >= 11 is 0. The van der Waals surface area contributed by atoms with Gasteiger partial charge in [-0.1, -0.05) is 19.3 Å². The fraction of sp³-hybridized carbons (Fsp3) is 0.542. The van der Waals surface area contributed by atoms with Gasteiger partial charge in [0.1, 0.15) is 23.7 Å². The average molecular weight is 522 g/mol. The van der Waals surface area contributed by atoms with Gasteiger partial charge in [0, 0.05) is 26.4 Å². The highest BCUT2D eigenvalue weighted by Crippen LogP contribution is 2.37. The molecule has 0 bridgehead atoms. The van der Waals surface area contributed by atoms with Crippen molar-refractivity contribution < 1.29 is 27.6 Å². The van der Waals surface area contributed by atoms with Crippen LogP contribution < -0.4 is 16.0 Å². The van der Waals surface area contributed by atoms with Gasteiger partial charge < -0.3 is 11.1 Å². The largest absolute Gasteiger partial charge is 0.408 e. The number of nitrogens with two attached hydrogens (primary N) is 1. The molecule has 2 aromatic heterocycles. The molecule has 1 aliphatic heterocycles. The van der Waals surface area contributed by atoms with Crippen LogP contribution in [0, 0.1) is 11.8 Å². The number of imide groups is 1. The maximum atomic E-state index is 13.9. The number of amides is 4. The van der Waals surface area contributed by atoms with Crippen molar-refractivity contribution in [2.75, 3.05) is 17.7 Å². The van der Waals surface area contributed by atoms with Gasteiger partial charge in [-0.05, 0) is 42.9 Å². The number of nitrogen functional groups attached to an aromatic ring is 1. The Morgan fingerprint density at radius 3 is 2.51 bits per heavy atom. The van der Waals surface area contributed by atoms with E-state index in [4.69, 9.17) is 5.73 Å². The number of anilines is 2. The van der Waals surface area contributed by atoms with Crippen molar-refractivity contribution in [3.05, 3.63) is 36.2 Å². The predicted molar refractivity (Wildman–Crippen MR) is 128 cm³/mol. The standard InChI is InChI=1S/C24H30F3N7O3/c1-32(18-9-11-30-33(18)2)22(36)19-16(12-14-8-10-29-17(28)13-14)21(35)34(19)23(37)31-20(24(25,26)27)15-6-4-3-5-7-15/h8-11,13,15-16,19-20H,3-7,12H2,1-2H3,(H2,28,29)(H,31,37)/t16-,19+,20-/m1/s1. The van der Waals surface area contributed by atoms with Crippen molar-refractivity contribution in [2.24, 2.45) is 18.9 Å². The number of likely N-dealkylation sites (N-methyl/N-ethyl adjacent to an activating group) is 1. The van der Waals surface area contributed by atoms with Crippen molar-refractivity contribution >= 4 is 29.5 Å². The van der Waals surface area contributed by atoms with Crippen LogP contribution in [0.5, 0.6) is 0 Å². The molecule has 0 unspecified atom stereocenters. The summed E-state index contributed by atoms with van der Waals surface area (Å²) in [5.74, 6) is -2.48. The molecule has 4 amide bonds. The zero-order valence-electron chi connectivity index (χ0n) is 20.6. The second-order valence-corrected chi connectivity index (χ2v) is 9.63. The molecule has 200 valence electrons. The van der Waals surface area contributed by atoms with Crippen LogP contribution in [-0.2, 0) is 23.1 Å². The van der Waals surface area contributed by atoms with Gasteiger partial charge in [-0.2, -0.15) is 18.3 Å². The Labute approximate surface area is 212 Å². The van der Waals surface area contributed by atoms with E-state index in [-0.39, 0.29) is 12.2 Å². The molecular weight excluding hydrogens is 491 g/mol. The average Bonchev–Trinajstić information content (AvgIpc) is 3.28. The number of pyridine rings is 1. The zero-order chi connectivity index (χ0) is 26.9. The summed E-state index contributed by atoms with van der Waals surface area (Å²) in [4.78, 5) is 45.6. The van der Waals surface area contributed by atoms with E-state index in [2.05, 4.69) is 10.1 Å². The summed E-state index contributed by atoms with van der Waals surface area (Å²) in [6, 6.07) is 0.122. The smallest absolute Gasteiger partial charge is 0.384 e. The highest BCUT2D eigenvalue weighted by Gasteiger charge is 2.57. The Morgan fingerprint density at radius 1 is 1.22 bits per heavy atom. The fourth-order valence-electron chi connectivity index (χ4n) is 5.28. The van der Waals surface area contributed by atoms with Crippen molar-refractivity contribution in [1.29, 1.82) is 0 Å². The molecule has 1 saturated heterocycles. The van der Waals surface area contributed by atoms with E-state index < -0.39 is 47.9 Å². The number of carbonyl (C=O) groups excluding carboxylic acids is 3. The third kappa shape index (κ3) is 5.39. The highest BCUT2D eigenvalue weighted by molar-refractivity contribution is 6.12. The molecule has 0 aromatic carbocycles. The summed E-state index contributed by atoms with van der Waals surface area (Å²) in [5.41, 5.74) is 6.35. The van der Waals surface area contributed by atoms with Gasteiger partial charge in [-0.25, -0.2) is 9.78 Å². The number of hydrogen-bond donors (Lipinski definition) is 2. The molecule has 0 radical (unpaired) electrons. The highest BCUT2D eigenvalue weighted by atomic mass is 19.4. The van der Waals surface area contributed by atoms with E-state index in [0.717, 1.165) is 6.42 Å². The van der Waals surface area contributed by atoms with Crippen LogP contribution in [0.25, 0.3) is 0 Å². The SMILES string of the molecule is CN(C(=O)[C@@H]1[C@@H](Cc2ccnc(N)c2)C(=O)N1C(=O)N[C@H](C1CCCCC1)C(F)(F)F)c1ccnn1C. The third-order valence-electron chi connectivity index (χ3n) is 7.21. The summed E-state index contributed by atoms with van der Waals surface area (Å²) in [5, 5.41) is 6.07. The van der Waals surface area contributed by atoms with E-state index in [1.165, 1.54) is 29.0 Å². The van der Waals surface area contributed by atoms with Gasteiger partial charge in [0.2, 0.25) is 5.91 Å². The van der Waals surface area contributed by atoms with E-state index >= 15 is 0 Å². The molecule has 13 heteroatoms. The molecule has 1 aliphatic carbocycles. The number of nitrogens with one attached hydrogen (secondary N) is 1. The first-order valence-electron chi connectivity index (χ1n) is 12.1. The Hall–Kier alpha value is -3.64. The first-order valence-corrected chi connectivity index (χ1v) is 12.1. The number of β-lactam (4-membered cyclic amide) rings is 1. The van der Waals surface area contributed by atoms with Crippen LogP contribution in [0.3, 0.4) is 0 Å². The van der Waals surface area contributed by atoms with Gasteiger partial charge >= 0.3 is 12.2 Å². The Kier molecular flexibility index (Phi) is 7.42. The number of hydrogen-bond acceptors (Lipinski definition) is 6.